The normalized spacial score (nSPS) is 15.9. The van der Waals surface area contributed by atoms with Gasteiger partial charge in [-0.2, -0.15) is 0 Å². The number of imide groups is 1. The quantitative estimate of drug-likeness (QED) is 0.613. The largest absolute Gasteiger partial charge is 0.463 e. The van der Waals surface area contributed by atoms with Crippen LogP contribution in [0.1, 0.15) is 21.9 Å². The Morgan fingerprint density at radius 2 is 2.04 bits per heavy atom. The molecule has 2 aromatic rings. The Labute approximate surface area is 146 Å². The van der Waals surface area contributed by atoms with Crippen molar-refractivity contribution < 1.29 is 27.9 Å². The van der Waals surface area contributed by atoms with Crippen LogP contribution < -0.4 is 0 Å². The van der Waals surface area contributed by atoms with Crippen LogP contribution in [0, 0.1) is 5.82 Å². The van der Waals surface area contributed by atoms with Crippen LogP contribution in [0.15, 0.2) is 45.7 Å². The Bertz CT molecular complexity index is 889. The Balaban J connectivity index is 1.79. The summed E-state index contributed by atoms with van der Waals surface area (Å²) >= 11 is 0.721. The minimum Gasteiger partial charge on any atom is -0.463 e. The van der Waals surface area contributed by atoms with Crippen molar-refractivity contribution in [3.05, 3.63) is 64.2 Å². The predicted molar refractivity (Wildman–Crippen MR) is 88.0 cm³/mol. The van der Waals surface area contributed by atoms with Crippen LogP contribution in [0.25, 0.3) is 6.08 Å². The molecule has 1 aromatic carbocycles. The lowest BCUT2D eigenvalue weighted by Gasteiger charge is -2.09. The number of nitrogens with zero attached hydrogens (tertiary/aromatic N) is 1. The van der Waals surface area contributed by atoms with Gasteiger partial charge in [0.2, 0.25) is 5.76 Å². The number of esters is 1. The van der Waals surface area contributed by atoms with Crippen LogP contribution in [0.2, 0.25) is 0 Å². The predicted octanol–water partition coefficient (Wildman–Crippen LogP) is 3.44. The molecule has 1 aliphatic rings. The monoisotopic (exact) mass is 361 g/mol. The summed E-state index contributed by atoms with van der Waals surface area (Å²) in [4.78, 5) is 36.9. The van der Waals surface area contributed by atoms with E-state index in [0.29, 0.717) is 0 Å². The van der Waals surface area contributed by atoms with E-state index >= 15 is 0 Å². The first-order valence-electron chi connectivity index (χ1n) is 7.16. The number of carbonyl (C=O) groups excluding carboxylic acids is 3. The van der Waals surface area contributed by atoms with Crippen molar-refractivity contribution >= 4 is 35.0 Å². The highest BCUT2D eigenvalue weighted by Crippen LogP contribution is 2.33. The highest BCUT2D eigenvalue weighted by molar-refractivity contribution is 8.18. The van der Waals surface area contributed by atoms with Crippen LogP contribution in [0.5, 0.6) is 0 Å². The number of carbonyl (C=O) groups is 3. The molecule has 0 aliphatic carbocycles. The van der Waals surface area contributed by atoms with E-state index in [0.717, 1.165) is 16.7 Å². The minimum absolute atomic E-state index is 0.0219. The van der Waals surface area contributed by atoms with Gasteiger partial charge in [-0.05, 0) is 36.0 Å². The van der Waals surface area contributed by atoms with Gasteiger partial charge in [0.15, 0.2) is 0 Å². The molecular weight excluding hydrogens is 349 g/mol. The lowest BCUT2D eigenvalue weighted by molar-refractivity contribution is -0.123. The second-order valence-electron chi connectivity index (χ2n) is 5.05. The first-order chi connectivity index (χ1) is 12.0. The third kappa shape index (κ3) is 3.48. The maximum atomic E-state index is 13.7. The van der Waals surface area contributed by atoms with Crippen LogP contribution >= 0.6 is 11.8 Å². The van der Waals surface area contributed by atoms with Gasteiger partial charge in [-0.3, -0.25) is 14.5 Å². The smallest absolute Gasteiger partial charge is 0.373 e. The SMILES string of the molecule is COC(=O)c1ccc(CN2C(=O)SC(=Cc3ccccc3F)C2=O)o1. The molecule has 0 spiro atoms. The van der Waals surface area contributed by atoms with Crippen LogP contribution in [0.3, 0.4) is 0 Å². The molecule has 1 aromatic heterocycles. The minimum atomic E-state index is -0.653. The standard InChI is InChI=1S/C17H12FNO5S/c1-23-16(21)13-7-6-11(24-13)9-19-15(20)14(25-17(19)22)8-10-4-2-3-5-12(10)18/h2-8H,9H2,1H3. The molecule has 0 atom stereocenters. The Morgan fingerprint density at radius 3 is 2.76 bits per heavy atom. The topological polar surface area (TPSA) is 76.8 Å². The molecule has 0 bridgehead atoms. The van der Waals surface area contributed by atoms with Crippen molar-refractivity contribution in [2.75, 3.05) is 7.11 Å². The maximum Gasteiger partial charge on any atom is 0.373 e. The van der Waals surface area contributed by atoms with E-state index in [-0.39, 0.29) is 28.5 Å². The molecule has 2 amide bonds. The zero-order valence-corrected chi connectivity index (χ0v) is 13.8. The van der Waals surface area contributed by atoms with Crippen molar-refractivity contribution in [2.24, 2.45) is 0 Å². The summed E-state index contributed by atoms with van der Waals surface area (Å²) in [5.74, 6) is -1.45. The number of ether oxygens (including phenoxy) is 1. The molecule has 2 heterocycles. The molecule has 1 saturated heterocycles. The van der Waals surface area contributed by atoms with Crippen molar-refractivity contribution in [3.63, 3.8) is 0 Å². The Hall–Kier alpha value is -2.87. The molecule has 1 aliphatic heterocycles. The molecular formula is C17H12FNO5S. The molecule has 0 radical (unpaired) electrons. The number of hydrogen-bond donors (Lipinski definition) is 0. The summed E-state index contributed by atoms with van der Waals surface area (Å²) in [5.41, 5.74) is 0.221. The number of furan rings is 1. The first-order valence-corrected chi connectivity index (χ1v) is 7.98. The molecule has 0 N–H and O–H groups in total. The highest BCUT2D eigenvalue weighted by Gasteiger charge is 2.35. The Kier molecular flexibility index (Phi) is 4.71. The maximum absolute atomic E-state index is 13.7. The van der Waals surface area contributed by atoms with E-state index in [9.17, 15) is 18.8 Å². The van der Waals surface area contributed by atoms with Gasteiger partial charge in [0, 0.05) is 5.56 Å². The lowest BCUT2D eigenvalue weighted by atomic mass is 10.2. The number of amides is 2. The number of hydrogen-bond acceptors (Lipinski definition) is 6. The summed E-state index contributed by atoms with van der Waals surface area (Å²) in [6.07, 6.45) is 1.34. The number of methoxy groups -OCH3 is 1. The number of rotatable bonds is 4. The van der Waals surface area contributed by atoms with Gasteiger partial charge in [-0.1, -0.05) is 18.2 Å². The van der Waals surface area contributed by atoms with E-state index in [1.165, 1.54) is 43.5 Å². The van der Waals surface area contributed by atoms with E-state index in [2.05, 4.69) is 4.74 Å². The third-order valence-corrected chi connectivity index (χ3v) is 4.33. The zero-order chi connectivity index (χ0) is 18.0. The molecule has 3 rings (SSSR count). The van der Waals surface area contributed by atoms with Crippen molar-refractivity contribution in [1.82, 2.24) is 4.90 Å². The summed E-state index contributed by atoms with van der Waals surface area (Å²) in [6, 6.07) is 8.84. The van der Waals surface area contributed by atoms with Gasteiger partial charge in [-0.25, -0.2) is 9.18 Å². The molecule has 128 valence electrons. The molecule has 0 saturated carbocycles. The molecule has 0 unspecified atom stereocenters. The summed E-state index contributed by atoms with van der Waals surface area (Å²) in [7, 11) is 1.22. The number of thioether (sulfide) groups is 1. The van der Waals surface area contributed by atoms with Gasteiger partial charge < -0.3 is 9.15 Å². The van der Waals surface area contributed by atoms with Gasteiger partial charge in [-0.15, -0.1) is 0 Å². The molecule has 6 nitrogen and oxygen atoms in total. The van der Waals surface area contributed by atoms with Crippen molar-refractivity contribution in [1.29, 1.82) is 0 Å². The first kappa shape index (κ1) is 17.0. The fourth-order valence-electron chi connectivity index (χ4n) is 2.20. The van der Waals surface area contributed by atoms with Crippen LogP contribution in [0.4, 0.5) is 9.18 Å². The van der Waals surface area contributed by atoms with Gasteiger partial charge in [0.25, 0.3) is 11.1 Å². The number of halogens is 1. The van der Waals surface area contributed by atoms with E-state index in [4.69, 9.17) is 4.42 Å². The Morgan fingerprint density at radius 1 is 1.28 bits per heavy atom. The molecule has 25 heavy (non-hydrogen) atoms. The van der Waals surface area contributed by atoms with Crippen LogP contribution in [-0.4, -0.2) is 29.1 Å². The fourth-order valence-corrected chi connectivity index (χ4v) is 3.03. The number of benzene rings is 1. The second-order valence-corrected chi connectivity index (χ2v) is 6.04. The lowest BCUT2D eigenvalue weighted by Crippen LogP contribution is -2.27. The van der Waals surface area contributed by atoms with Gasteiger partial charge in [0.1, 0.15) is 11.6 Å². The van der Waals surface area contributed by atoms with E-state index in [1.807, 2.05) is 0 Å². The van der Waals surface area contributed by atoms with Gasteiger partial charge >= 0.3 is 5.97 Å². The fraction of sp³-hybridized carbons (Fsp3) is 0.118. The average Bonchev–Trinajstić information content (AvgIpc) is 3.17. The highest BCUT2D eigenvalue weighted by atomic mass is 32.2. The second kappa shape index (κ2) is 6.94. The van der Waals surface area contributed by atoms with Crippen molar-refractivity contribution in [3.8, 4) is 0 Å². The summed E-state index contributed by atoms with van der Waals surface area (Å²) in [5, 5.41) is -0.497. The van der Waals surface area contributed by atoms with Crippen LogP contribution in [-0.2, 0) is 16.1 Å². The third-order valence-electron chi connectivity index (χ3n) is 3.43. The van der Waals surface area contributed by atoms with Gasteiger partial charge in [0.05, 0.1) is 18.6 Å². The van der Waals surface area contributed by atoms with Crippen molar-refractivity contribution in [2.45, 2.75) is 6.54 Å². The average molecular weight is 361 g/mol. The van der Waals surface area contributed by atoms with E-state index in [1.54, 1.807) is 6.07 Å². The summed E-state index contributed by atoms with van der Waals surface area (Å²) in [6.45, 7) is -0.129. The molecule has 8 heteroatoms. The zero-order valence-electron chi connectivity index (χ0n) is 13.0. The molecule has 1 fully saturated rings. The summed E-state index contributed by atoms with van der Waals surface area (Å²) < 4.78 is 23.5. The van der Waals surface area contributed by atoms with E-state index < -0.39 is 22.9 Å².